The molecule has 1 aliphatic rings. The molecule has 0 unspecified atom stereocenters. The number of aromatic carboxylic acids is 2. The van der Waals surface area contributed by atoms with E-state index in [9.17, 15) is 44.7 Å². The average Bonchev–Trinajstić information content (AvgIpc) is 2.74. The fraction of sp³-hybridized carbons (Fsp3) is 0.154. The van der Waals surface area contributed by atoms with E-state index in [1.54, 1.807) is 6.92 Å². The maximum Gasteiger partial charge on any atom is 0.339 e. The van der Waals surface area contributed by atoms with Crippen molar-refractivity contribution in [3.05, 3.63) is 86.0 Å². The van der Waals surface area contributed by atoms with E-state index in [1.807, 2.05) is 0 Å². The van der Waals surface area contributed by atoms with Gasteiger partial charge in [0.25, 0.3) is 0 Å². The topological polar surface area (TPSA) is 169 Å². The third kappa shape index (κ3) is 4.31. The molecule has 9 heteroatoms. The highest BCUT2D eigenvalue weighted by atomic mass is 16.4. The summed E-state index contributed by atoms with van der Waals surface area (Å²) in [5, 5.41) is 49.4. The van der Waals surface area contributed by atoms with Gasteiger partial charge in [-0.2, -0.15) is 0 Å². The quantitative estimate of drug-likeness (QED) is 0.402. The van der Waals surface area contributed by atoms with Gasteiger partial charge >= 0.3 is 17.9 Å². The minimum atomic E-state index is -1.46. The van der Waals surface area contributed by atoms with Gasteiger partial charge in [-0.3, -0.25) is 4.79 Å². The van der Waals surface area contributed by atoms with Gasteiger partial charge in [0.05, 0.1) is 0 Å². The van der Waals surface area contributed by atoms with Crippen LogP contribution in [-0.2, 0) is 9.59 Å². The van der Waals surface area contributed by atoms with Gasteiger partial charge in [0.1, 0.15) is 28.2 Å². The molecular formula is C26H22O9. The van der Waals surface area contributed by atoms with E-state index in [0.717, 1.165) is 6.08 Å². The van der Waals surface area contributed by atoms with Gasteiger partial charge in [-0.15, -0.1) is 0 Å². The second-order valence-electron chi connectivity index (χ2n) is 8.24. The minimum Gasteiger partial charge on any atom is -0.507 e. The number of rotatable bonds is 5. The van der Waals surface area contributed by atoms with E-state index in [4.69, 9.17) is 0 Å². The van der Waals surface area contributed by atoms with Crippen molar-refractivity contribution in [1.29, 1.82) is 0 Å². The van der Waals surface area contributed by atoms with E-state index in [0.29, 0.717) is 11.1 Å². The molecule has 0 fully saturated rings. The lowest BCUT2D eigenvalue weighted by Crippen LogP contribution is -2.17. The molecule has 2 aromatic carbocycles. The van der Waals surface area contributed by atoms with Crippen LogP contribution in [0.1, 0.15) is 55.5 Å². The standard InChI is InChI=1S/C26H22O9/c1-10-7-18(27)20(26(34)35)13(4)19(10)21(14-5-11(2)22(28)16(8-14)24(30)31)15-6-12(3)23(29)17(9-15)25(32)33/h5-9,27-28H,1-4H3,(H,30,31)(H,32,33)(H,34,35)/b21-15-. The Hall–Kier alpha value is -4.66. The van der Waals surface area contributed by atoms with E-state index < -0.39 is 46.3 Å². The molecule has 0 saturated heterocycles. The highest BCUT2D eigenvalue weighted by Gasteiger charge is 2.28. The van der Waals surface area contributed by atoms with Crippen LogP contribution in [0.4, 0.5) is 0 Å². The summed E-state index contributed by atoms with van der Waals surface area (Å²) in [5.41, 5.74) is 0.563. The molecule has 5 N–H and O–H groups in total. The van der Waals surface area contributed by atoms with Crippen LogP contribution in [0.25, 0.3) is 5.57 Å². The second kappa shape index (κ2) is 8.94. The first-order valence-electron chi connectivity index (χ1n) is 10.3. The third-order valence-corrected chi connectivity index (χ3v) is 5.83. The van der Waals surface area contributed by atoms with Crippen molar-refractivity contribution >= 4 is 29.3 Å². The zero-order valence-electron chi connectivity index (χ0n) is 19.3. The summed E-state index contributed by atoms with van der Waals surface area (Å²) in [6.45, 7) is 5.98. The maximum absolute atomic E-state index is 12.4. The number of carbonyl (C=O) groups excluding carboxylic acids is 1. The molecule has 0 saturated carbocycles. The second-order valence-corrected chi connectivity index (χ2v) is 8.24. The number of benzene rings is 2. The van der Waals surface area contributed by atoms with E-state index in [2.05, 4.69) is 0 Å². The Balaban J connectivity index is 2.59. The molecule has 0 bridgehead atoms. The van der Waals surface area contributed by atoms with Gasteiger partial charge in [0.2, 0.25) is 0 Å². The zero-order valence-corrected chi connectivity index (χ0v) is 19.3. The van der Waals surface area contributed by atoms with E-state index >= 15 is 0 Å². The van der Waals surface area contributed by atoms with Crippen LogP contribution in [0.2, 0.25) is 0 Å². The molecule has 0 heterocycles. The Morgan fingerprint density at radius 1 is 0.743 bits per heavy atom. The first-order chi connectivity index (χ1) is 16.3. The van der Waals surface area contributed by atoms with Crippen molar-refractivity contribution in [2.45, 2.75) is 27.7 Å². The normalized spacial score (nSPS) is 14.8. The molecule has 2 aromatic rings. The number of allylic oxidation sites excluding steroid dienone is 4. The molecule has 0 spiro atoms. The monoisotopic (exact) mass is 478 g/mol. The van der Waals surface area contributed by atoms with Crippen molar-refractivity contribution in [2.75, 3.05) is 0 Å². The predicted octanol–water partition coefficient (Wildman–Crippen LogP) is 3.76. The number of carboxylic acid groups (broad SMARTS) is 3. The summed E-state index contributed by atoms with van der Waals surface area (Å²) in [7, 11) is 0. The first-order valence-corrected chi connectivity index (χ1v) is 10.3. The number of carbonyl (C=O) groups is 4. The van der Waals surface area contributed by atoms with Crippen LogP contribution in [0.5, 0.6) is 11.5 Å². The van der Waals surface area contributed by atoms with Crippen molar-refractivity contribution in [1.82, 2.24) is 0 Å². The predicted molar refractivity (Wildman–Crippen MR) is 125 cm³/mol. The van der Waals surface area contributed by atoms with Crippen molar-refractivity contribution in [3.8, 4) is 11.5 Å². The Morgan fingerprint density at radius 3 is 1.91 bits per heavy atom. The average molecular weight is 478 g/mol. The largest absolute Gasteiger partial charge is 0.507 e. The lowest BCUT2D eigenvalue weighted by molar-refractivity contribution is -0.134. The van der Waals surface area contributed by atoms with Crippen LogP contribution in [0.3, 0.4) is 0 Å². The number of ketones is 1. The molecule has 0 aromatic heterocycles. The van der Waals surface area contributed by atoms with E-state index in [1.165, 1.54) is 45.0 Å². The molecule has 9 nitrogen and oxygen atoms in total. The fourth-order valence-electron chi connectivity index (χ4n) is 4.24. The number of hydrogen-bond acceptors (Lipinski definition) is 6. The number of aliphatic carboxylic acids is 1. The van der Waals surface area contributed by atoms with Crippen molar-refractivity contribution in [2.24, 2.45) is 0 Å². The highest BCUT2D eigenvalue weighted by Crippen LogP contribution is 2.40. The fourth-order valence-corrected chi connectivity index (χ4v) is 4.24. The SMILES string of the molecule is CC1=C/C(=C(\c2cc(C)c(O)c(C(=O)O)c2)c2c(C)cc(O)c(C(=O)O)c2C)C=C(C(=O)O)C1=O. The number of aryl methyl sites for hydroxylation is 2. The summed E-state index contributed by atoms with van der Waals surface area (Å²) in [5.74, 6) is -5.89. The van der Waals surface area contributed by atoms with Crippen molar-refractivity contribution in [3.63, 3.8) is 0 Å². The zero-order chi connectivity index (χ0) is 26.4. The Labute approximate surface area is 199 Å². The highest BCUT2D eigenvalue weighted by molar-refractivity contribution is 6.25. The Kier molecular flexibility index (Phi) is 6.38. The van der Waals surface area contributed by atoms with Crippen LogP contribution in [-0.4, -0.2) is 49.2 Å². The molecule has 35 heavy (non-hydrogen) atoms. The smallest absolute Gasteiger partial charge is 0.339 e. The van der Waals surface area contributed by atoms with Gasteiger partial charge in [-0.05, 0) is 103 Å². The molecular weight excluding hydrogens is 456 g/mol. The molecule has 1 aliphatic carbocycles. The minimum absolute atomic E-state index is 0.110. The van der Waals surface area contributed by atoms with Gasteiger partial charge < -0.3 is 25.5 Å². The number of hydrogen-bond donors (Lipinski definition) is 5. The van der Waals surface area contributed by atoms with Crippen LogP contribution < -0.4 is 0 Å². The number of carboxylic acids is 3. The summed E-state index contributed by atoms with van der Waals surface area (Å²) in [6, 6.07) is 3.90. The van der Waals surface area contributed by atoms with Crippen molar-refractivity contribution < 1.29 is 44.7 Å². The Bertz CT molecular complexity index is 1440. The number of phenols is 2. The molecule has 3 rings (SSSR count). The molecule has 0 radical (unpaired) electrons. The van der Waals surface area contributed by atoms with Gasteiger partial charge in [-0.1, -0.05) is 0 Å². The Morgan fingerprint density at radius 2 is 1.37 bits per heavy atom. The van der Waals surface area contributed by atoms with E-state index in [-0.39, 0.29) is 39.0 Å². The number of aromatic hydroxyl groups is 2. The molecule has 0 amide bonds. The summed E-state index contributed by atoms with van der Waals surface area (Å²) >= 11 is 0. The van der Waals surface area contributed by atoms with Crippen LogP contribution in [0, 0.1) is 20.8 Å². The van der Waals surface area contributed by atoms with Gasteiger partial charge in [0.15, 0.2) is 5.78 Å². The lowest BCUT2D eigenvalue weighted by atomic mass is 9.81. The summed E-state index contributed by atoms with van der Waals surface area (Å²) in [6.07, 6.45) is 2.57. The van der Waals surface area contributed by atoms with Gasteiger partial charge in [0, 0.05) is 0 Å². The molecule has 0 aliphatic heterocycles. The molecule has 180 valence electrons. The maximum atomic E-state index is 12.4. The first kappa shape index (κ1) is 25.0. The third-order valence-electron chi connectivity index (χ3n) is 5.83. The van der Waals surface area contributed by atoms with Crippen LogP contribution in [0.15, 0.2) is 47.1 Å². The number of Topliss-reactive ketones (excluding diaryl/α,β-unsaturated/α-hetero) is 1. The molecule has 0 atom stereocenters. The van der Waals surface area contributed by atoms with Gasteiger partial charge in [-0.25, -0.2) is 14.4 Å². The summed E-state index contributed by atoms with van der Waals surface area (Å²) in [4.78, 5) is 47.8. The van der Waals surface area contributed by atoms with Crippen LogP contribution >= 0.6 is 0 Å². The summed E-state index contributed by atoms with van der Waals surface area (Å²) < 4.78 is 0. The lowest BCUT2D eigenvalue weighted by Gasteiger charge is -2.22.